The van der Waals surface area contributed by atoms with Crippen LogP contribution >= 0.6 is 11.6 Å². The van der Waals surface area contributed by atoms with Gasteiger partial charge in [-0.2, -0.15) is 0 Å². The SMILES string of the molecule is Cc1cccc2nc(CCl)n(CCc3ccccn3)c12. The van der Waals surface area contributed by atoms with Crippen LogP contribution in [0.3, 0.4) is 0 Å². The molecule has 0 fully saturated rings. The van der Waals surface area contributed by atoms with Crippen molar-refractivity contribution < 1.29 is 0 Å². The van der Waals surface area contributed by atoms with Gasteiger partial charge in [-0.15, -0.1) is 11.6 Å². The van der Waals surface area contributed by atoms with E-state index in [1.54, 1.807) is 0 Å². The minimum atomic E-state index is 0.427. The van der Waals surface area contributed by atoms with Crippen molar-refractivity contribution in [2.75, 3.05) is 0 Å². The molecule has 0 aliphatic heterocycles. The molecule has 20 heavy (non-hydrogen) atoms. The Hall–Kier alpha value is -1.87. The lowest BCUT2D eigenvalue weighted by Gasteiger charge is -2.09. The number of imidazole rings is 1. The Kier molecular flexibility index (Phi) is 3.70. The van der Waals surface area contributed by atoms with Crippen LogP contribution in [0.15, 0.2) is 42.6 Å². The summed E-state index contributed by atoms with van der Waals surface area (Å²) in [7, 11) is 0. The average Bonchev–Trinajstić information content (AvgIpc) is 2.85. The molecule has 1 aromatic carbocycles. The fraction of sp³-hybridized carbons (Fsp3) is 0.250. The van der Waals surface area contributed by atoms with Gasteiger partial charge in [-0.05, 0) is 30.7 Å². The van der Waals surface area contributed by atoms with Crippen molar-refractivity contribution in [3.8, 4) is 0 Å². The van der Waals surface area contributed by atoms with Gasteiger partial charge in [-0.3, -0.25) is 4.98 Å². The highest BCUT2D eigenvalue weighted by molar-refractivity contribution is 6.16. The molecule has 0 spiro atoms. The second-order valence-corrected chi connectivity index (χ2v) is 5.09. The Labute approximate surface area is 123 Å². The lowest BCUT2D eigenvalue weighted by atomic mass is 10.2. The first-order valence-corrected chi connectivity index (χ1v) is 7.23. The third kappa shape index (κ3) is 2.41. The second-order valence-electron chi connectivity index (χ2n) is 4.83. The lowest BCUT2D eigenvalue weighted by molar-refractivity contribution is 0.677. The summed E-state index contributed by atoms with van der Waals surface area (Å²) in [6.07, 6.45) is 2.71. The minimum absolute atomic E-state index is 0.427. The smallest absolute Gasteiger partial charge is 0.124 e. The van der Waals surface area contributed by atoms with Crippen LogP contribution in [0.4, 0.5) is 0 Å². The Morgan fingerprint density at radius 1 is 1.15 bits per heavy atom. The minimum Gasteiger partial charge on any atom is -0.326 e. The van der Waals surface area contributed by atoms with Crippen LogP contribution in [0.2, 0.25) is 0 Å². The third-order valence-corrected chi connectivity index (χ3v) is 3.72. The van der Waals surface area contributed by atoms with E-state index in [2.05, 4.69) is 27.5 Å². The lowest BCUT2D eigenvalue weighted by Crippen LogP contribution is -2.06. The van der Waals surface area contributed by atoms with Crippen LogP contribution in [0.1, 0.15) is 17.1 Å². The number of aryl methyl sites for hydroxylation is 3. The molecule has 0 aliphatic carbocycles. The summed E-state index contributed by atoms with van der Waals surface area (Å²) in [4.78, 5) is 8.98. The van der Waals surface area contributed by atoms with E-state index in [1.807, 2.05) is 36.5 Å². The highest BCUT2D eigenvalue weighted by atomic mass is 35.5. The van der Waals surface area contributed by atoms with Gasteiger partial charge in [0, 0.05) is 24.9 Å². The molecular weight excluding hydrogens is 270 g/mol. The molecule has 0 aliphatic rings. The number of pyridine rings is 1. The molecule has 4 heteroatoms. The van der Waals surface area contributed by atoms with E-state index < -0.39 is 0 Å². The van der Waals surface area contributed by atoms with Crippen molar-refractivity contribution in [3.05, 3.63) is 59.7 Å². The number of aromatic nitrogens is 3. The van der Waals surface area contributed by atoms with Crippen molar-refractivity contribution in [1.82, 2.24) is 14.5 Å². The molecule has 3 rings (SSSR count). The van der Waals surface area contributed by atoms with E-state index in [1.165, 1.54) is 11.1 Å². The van der Waals surface area contributed by atoms with E-state index in [4.69, 9.17) is 11.6 Å². The summed E-state index contributed by atoms with van der Waals surface area (Å²) in [5, 5.41) is 0. The maximum absolute atomic E-state index is 6.04. The van der Waals surface area contributed by atoms with E-state index in [9.17, 15) is 0 Å². The molecule has 0 atom stereocenters. The van der Waals surface area contributed by atoms with Crippen molar-refractivity contribution in [1.29, 1.82) is 0 Å². The first-order valence-electron chi connectivity index (χ1n) is 6.70. The maximum Gasteiger partial charge on any atom is 0.124 e. The van der Waals surface area contributed by atoms with Gasteiger partial charge in [0.15, 0.2) is 0 Å². The summed E-state index contributed by atoms with van der Waals surface area (Å²) >= 11 is 6.04. The topological polar surface area (TPSA) is 30.7 Å². The zero-order valence-corrected chi connectivity index (χ0v) is 12.1. The fourth-order valence-corrected chi connectivity index (χ4v) is 2.73. The first kappa shape index (κ1) is 13.1. The molecule has 0 unspecified atom stereocenters. The molecular formula is C16H16ClN3. The van der Waals surface area contributed by atoms with Crippen molar-refractivity contribution in [2.24, 2.45) is 0 Å². The molecule has 0 saturated heterocycles. The maximum atomic E-state index is 6.04. The van der Waals surface area contributed by atoms with Gasteiger partial charge in [0.25, 0.3) is 0 Å². The van der Waals surface area contributed by atoms with Crippen LogP contribution < -0.4 is 0 Å². The van der Waals surface area contributed by atoms with E-state index in [0.717, 1.165) is 30.0 Å². The standard InChI is InChI=1S/C16H16ClN3/c1-12-5-4-7-14-16(12)20(15(11-17)19-14)10-8-13-6-2-3-9-18-13/h2-7,9H,8,10-11H2,1H3. The Morgan fingerprint density at radius 3 is 2.80 bits per heavy atom. The van der Waals surface area contributed by atoms with E-state index >= 15 is 0 Å². The van der Waals surface area contributed by atoms with E-state index in [0.29, 0.717) is 5.88 Å². The van der Waals surface area contributed by atoms with Crippen LogP contribution in [0.25, 0.3) is 11.0 Å². The predicted molar refractivity (Wildman–Crippen MR) is 82.0 cm³/mol. The van der Waals surface area contributed by atoms with Crippen molar-refractivity contribution >= 4 is 22.6 Å². The molecule has 3 nitrogen and oxygen atoms in total. The van der Waals surface area contributed by atoms with Gasteiger partial charge in [-0.1, -0.05) is 18.2 Å². The summed E-state index contributed by atoms with van der Waals surface area (Å²) in [5.74, 6) is 1.35. The number of fused-ring (bicyclic) bond motifs is 1. The molecule has 0 amide bonds. The average molecular weight is 286 g/mol. The van der Waals surface area contributed by atoms with Gasteiger partial charge in [0.2, 0.25) is 0 Å². The van der Waals surface area contributed by atoms with Crippen LogP contribution in [0, 0.1) is 6.92 Å². The van der Waals surface area contributed by atoms with Gasteiger partial charge in [-0.25, -0.2) is 4.98 Å². The summed E-state index contributed by atoms with van der Waals surface area (Å²) < 4.78 is 2.21. The highest BCUT2D eigenvalue weighted by Crippen LogP contribution is 2.21. The normalized spacial score (nSPS) is 11.1. The number of hydrogen-bond acceptors (Lipinski definition) is 2. The number of para-hydroxylation sites is 1. The molecule has 0 N–H and O–H groups in total. The molecule has 0 radical (unpaired) electrons. The van der Waals surface area contributed by atoms with Crippen molar-refractivity contribution in [2.45, 2.75) is 25.8 Å². The second kappa shape index (κ2) is 5.63. The van der Waals surface area contributed by atoms with Crippen LogP contribution in [0.5, 0.6) is 0 Å². The van der Waals surface area contributed by atoms with Crippen molar-refractivity contribution in [3.63, 3.8) is 0 Å². The number of halogens is 1. The number of hydrogen-bond donors (Lipinski definition) is 0. The third-order valence-electron chi connectivity index (χ3n) is 3.48. The Balaban J connectivity index is 1.97. The van der Waals surface area contributed by atoms with Gasteiger partial charge in [0.05, 0.1) is 16.9 Å². The summed E-state index contributed by atoms with van der Waals surface area (Å²) in [6.45, 7) is 2.96. The Bertz CT molecular complexity index is 719. The number of benzene rings is 1. The predicted octanol–water partition coefficient (Wildman–Crippen LogP) is 3.72. The molecule has 3 aromatic rings. The number of rotatable bonds is 4. The number of nitrogens with zero attached hydrogens (tertiary/aromatic N) is 3. The fourth-order valence-electron chi connectivity index (χ4n) is 2.53. The molecule has 0 saturated carbocycles. The molecule has 2 aromatic heterocycles. The van der Waals surface area contributed by atoms with Crippen LogP contribution in [-0.2, 0) is 18.8 Å². The zero-order valence-electron chi connectivity index (χ0n) is 11.4. The quantitative estimate of drug-likeness (QED) is 0.684. The molecule has 0 bridgehead atoms. The summed E-state index contributed by atoms with van der Waals surface area (Å²) in [5.41, 5.74) is 4.51. The number of alkyl halides is 1. The van der Waals surface area contributed by atoms with E-state index in [-0.39, 0.29) is 0 Å². The molecule has 102 valence electrons. The summed E-state index contributed by atoms with van der Waals surface area (Å²) in [6, 6.07) is 12.2. The Morgan fingerprint density at radius 2 is 2.05 bits per heavy atom. The monoisotopic (exact) mass is 285 g/mol. The van der Waals surface area contributed by atoms with Gasteiger partial charge < -0.3 is 4.57 Å². The largest absolute Gasteiger partial charge is 0.326 e. The van der Waals surface area contributed by atoms with Crippen LogP contribution in [-0.4, -0.2) is 14.5 Å². The van der Waals surface area contributed by atoms with Gasteiger partial charge in [0.1, 0.15) is 5.82 Å². The van der Waals surface area contributed by atoms with Gasteiger partial charge >= 0.3 is 0 Å². The molecule has 2 heterocycles. The zero-order chi connectivity index (χ0) is 13.9. The first-order chi connectivity index (χ1) is 9.79. The highest BCUT2D eigenvalue weighted by Gasteiger charge is 2.11.